The molecule has 0 atom stereocenters. The van der Waals surface area contributed by atoms with Crippen molar-refractivity contribution < 1.29 is 8.78 Å². The fraction of sp³-hybridized carbons (Fsp3) is 0.0455. The van der Waals surface area contributed by atoms with E-state index >= 15 is 0 Å². The maximum absolute atomic E-state index is 13.3. The van der Waals surface area contributed by atoms with Gasteiger partial charge in [0.15, 0.2) is 0 Å². The van der Waals surface area contributed by atoms with Crippen molar-refractivity contribution in [1.82, 2.24) is 15.1 Å². The zero-order chi connectivity index (χ0) is 20.8. The van der Waals surface area contributed by atoms with E-state index in [4.69, 9.17) is 10.8 Å². The smallest absolute Gasteiger partial charge is 0.146 e. The fourth-order valence-corrected chi connectivity index (χ4v) is 2.65. The van der Waals surface area contributed by atoms with E-state index in [9.17, 15) is 8.78 Å². The third-order valence-corrected chi connectivity index (χ3v) is 4.09. The molecular formula is C22H19F2N5. The highest BCUT2D eigenvalue weighted by Crippen LogP contribution is 2.17. The van der Waals surface area contributed by atoms with Gasteiger partial charge in [-0.25, -0.2) is 13.5 Å². The molecule has 0 bridgehead atoms. The first-order valence-corrected chi connectivity index (χ1v) is 8.79. The average Bonchev–Trinajstić information content (AvgIpc) is 2.72. The molecule has 5 nitrogen and oxygen atoms in total. The molecule has 0 amide bonds. The van der Waals surface area contributed by atoms with Gasteiger partial charge in [-0.15, -0.1) is 0 Å². The van der Waals surface area contributed by atoms with Gasteiger partial charge in [-0.3, -0.25) is 10.8 Å². The predicted molar refractivity (Wildman–Crippen MR) is 110 cm³/mol. The summed E-state index contributed by atoms with van der Waals surface area (Å²) < 4.78 is 27.9. The Morgan fingerprint density at radius 2 is 1.79 bits per heavy atom. The van der Waals surface area contributed by atoms with E-state index in [0.29, 0.717) is 22.4 Å². The van der Waals surface area contributed by atoms with Crippen LogP contribution in [0.15, 0.2) is 66.9 Å². The molecule has 146 valence electrons. The lowest BCUT2D eigenvalue weighted by Gasteiger charge is -2.11. The molecule has 3 aromatic rings. The Morgan fingerprint density at radius 1 is 1.03 bits per heavy atom. The van der Waals surface area contributed by atoms with Crippen LogP contribution in [0.4, 0.5) is 8.78 Å². The van der Waals surface area contributed by atoms with Gasteiger partial charge >= 0.3 is 0 Å². The molecule has 0 unspecified atom stereocenters. The highest BCUT2D eigenvalue weighted by molar-refractivity contribution is 6.29. The van der Waals surface area contributed by atoms with E-state index in [1.165, 1.54) is 41.1 Å². The molecule has 0 radical (unpaired) electrons. The van der Waals surface area contributed by atoms with E-state index in [1.807, 2.05) is 0 Å². The molecule has 0 saturated carbocycles. The average molecular weight is 391 g/mol. The Hall–Kier alpha value is -3.87. The van der Waals surface area contributed by atoms with Crippen LogP contribution in [0.3, 0.4) is 0 Å². The number of benzene rings is 2. The number of rotatable bonds is 6. The Morgan fingerprint density at radius 3 is 2.48 bits per heavy atom. The molecule has 0 aliphatic carbocycles. The highest BCUT2D eigenvalue weighted by Gasteiger charge is 2.13. The van der Waals surface area contributed by atoms with E-state index in [-0.39, 0.29) is 22.8 Å². The van der Waals surface area contributed by atoms with E-state index in [0.717, 1.165) is 0 Å². The van der Waals surface area contributed by atoms with Crippen molar-refractivity contribution in [2.24, 2.45) is 0 Å². The molecular weight excluding hydrogens is 372 g/mol. The van der Waals surface area contributed by atoms with E-state index in [2.05, 4.69) is 10.4 Å². The molecule has 0 saturated heterocycles. The minimum absolute atomic E-state index is 0.124. The Kier molecular flexibility index (Phi) is 6.09. The third kappa shape index (κ3) is 4.90. The number of aromatic nitrogens is 2. The van der Waals surface area contributed by atoms with Crippen LogP contribution in [0.1, 0.15) is 16.8 Å². The summed E-state index contributed by atoms with van der Waals surface area (Å²) in [4.78, 5) is 0. The van der Waals surface area contributed by atoms with Gasteiger partial charge in [0.2, 0.25) is 0 Å². The van der Waals surface area contributed by atoms with Gasteiger partial charge in [-0.05, 0) is 60.2 Å². The van der Waals surface area contributed by atoms with Gasteiger partial charge in [-0.2, -0.15) is 5.10 Å². The zero-order valence-corrected chi connectivity index (χ0v) is 15.7. The first-order valence-electron chi connectivity index (χ1n) is 8.79. The lowest BCUT2D eigenvalue weighted by Crippen LogP contribution is -2.20. The van der Waals surface area contributed by atoms with Crippen LogP contribution in [0.5, 0.6) is 0 Å². The van der Waals surface area contributed by atoms with Crippen LogP contribution >= 0.6 is 0 Å². The van der Waals surface area contributed by atoms with E-state index < -0.39 is 0 Å². The van der Waals surface area contributed by atoms with Gasteiger partial charge in [0.1, 0.15) is 17.1 Å². The fourth-order valence-electron chi connectivity index (χ4n) is 2.65. The van der Waals surface area contributed by atoms with Crippen LogP contribution in [-0.2, 0) is 0 Å². The number of allylic oxidation sites excluding steroid dienone is 1. The molecule has 3 rings (SSSR count). The van der Waals surface area contributed by atoms with E-state index in [1.54, 1.807) is 49.8 Å². The van der Waals surface area contributed by atoms with Crippen LogP contribution in [-0.4, -0.2) is 22.5 Å². The largest absolute Gasteiger partial charge is 0.393 e. The lowest BCUT2D eigenvalue weighted by atomic mass is 10.0. The summed E-state index contributed by atoms with van der Waals surface area (Å²) in [6.07, 6.45) is 4.82. The minimum atomic E-state index is -0.377. The molecule has 1 aromatic heterocycles. The lowest BCUT2D eigenvalue weighted by molar-refractivity contribution is 0.627. The highest BCUT2D eigenvalue weighted by atomic mass is 19.1. The van der Waals surface area contributed by atoms with Crippen molar-refractivity contribution in [2.75, 3.05) is 7.05 Å². The Labute approximate surface area is 166 Å². The van der Waals surface area contributed by atoms with Crippen LogP contribution in [0.25, 0.3) is 17.8 Å². The monoisotopic (exact) mass is 391 g/mol. The van der Waals surface area contributed by atoms with Crippen molar-refractivity contribution in [1.29, 1.82) is 10.8 Å². The summed E-state index contributed by atoms with van der Waals surface area (Å²) >= 11 is 0. The third-order valence-electron chi connectivity index (χ3n) is 4.09. The molecule has 0 aliphatic rings. The molecule has 7 heteroatoms. The van der Waals surface area contributed by atoms with Crippen LogP contribution < -0.4 is 10.8 Å². The summed E-state index contributed by atoms with van der Waals surface area (Å²) in [6.45, 7) is 0. The normalized spacial score (nSPS) is 11.6. The minimum Gasteiger partial charge on any atom is -0.393 e. The number of halogens is 2. The zero-order valence-electron chi connectivity index (χ0n) is 15.7. The second-order valence-electron chi connectivity index (χ2n) is 6.15. The maximum Gasteiger partial charge on any atom is 0.146 e. The van der Waals surface area contributed by atoms with Crippen molar-refractivity contribution in [2.45, 2.75) is 0 Å². The molecule has 29 heavy (non-hydrogen) atoms. The Bertz CT molecular complexity index is 1140. The maximum atomic E-state index is 13.3. The van der Waals surface area contributed by atoms with Crippen LogP contribution in [0, 0.1) is 22.5 Å². The van der Waals surface area contributed by atoms with Gasteiger partial charge < -0.3 is 5.32 Å². The summed E-state index contributed by atoms with van der Waals surface area (Å²) in [6, 6.07) is 14.9. The predicted octanol–water partition coefficient (Wildman–Crippen LogP) is 3.90. The number of nitrogens with zero attached hydrogens (tertiary/aromatic N) is 2. The quantitative estimate of drug-likeness (QED) is 0.558. The number of hydrogen-bond acceptors (Lipinski definition) is 4. The molecule has 0 spiro atoms. The Balaban J connectivity index is 1.97. The summed E-state index contributed by atoms with van der Waals surface area (Å²) in [5.41, 5.74) is 2.38. The SMILES string of the molecule is CN/C=C(\C(=N)c1ccc(F)cc1)c1ccc(=N)n(/C=C/c2cccc(F)c2)n1. The van der Waals surface area contributed by atoms with Crippen molar-refractivity contribution in [3.63, 3.8) is 0 Å². The second kappa shape index (κ2) is 8.88. The number of nitrogens with one attached hydrogen (secondary N) is 3. The van der Waals surface area contributed by atoms with Crippen LogP contribution in [0.2, 0.25) is 0 Å². The van der Waals surface area contributed by atoms with Crippen molar-refractivity contribution in [3.05, 3.63) is 101 Å². The van der Waals surface area contributed by atoms with Gasteiger partial charge in [0, 0.05) is 30.6 Å². The first-order chi connectivity index (χ1) is 14.0. The number of hydrogen-bond donors (Lipinski definition) is 3. The van der Waals surface area contributed by atoms with Crippen molar-refractivity contribution in [3.8, 4) is 0 Å². The van der Waals surface area contributed by atoms with Crippen molar-refractivity contribution >= 4 is 23.6 Å². The molecule has 2 aromatic carbocycles. The topological polar surface area (TPSA) is 77.5 Å². The standard InChI is InChI=1S/C22H19F2N5/c1-27-14-19(22(26)16-5-7-17(23)8-6-16)20-9-10-21(25)29(28-20)12-11-15-3-2-4-18(24)13-15/h2-14,25-27H,1H3/b12-11+,19-14-,25-21?,26-22?. The van der Waals surface area contributed by atoms with Gasteiger partial charge in [0.05, 0.1) is 11.4 Å². The van der Waals surface area contributed by atoms with Gasteiger partial charge in [0.25, 0.3) is 0 Å². The molecule has 3 N–H and O–H groups in total. The summed E-state index contributed by atoms with van der Waals surface area (Å²) in [5, 5.41) is 23.9. The first kappa shape index (κ1) is 19.9. The molecule has 0 aliphatic heterocycles. The molecule has 1 heterocycles. The second-order valence-corrected chi connectivity index (χ2v) is 6.15. The summed E-state index contributed by atoms with van der Waals surface area (Å²) in [5.74, 6) is -0.727. The molecule has 0 fully saturated rings. The van der Waals surface area contributed by atoms with Gasteiger partial charge in [-0.1, -0.05) is 12.1 Å². The summed E-state index contributed by atoms with van der Waals surface area (Å²) in [7, 11) is 1.70.